The molecule has 104 valence electrons. The SMILES string of the molecule is O=C(COc1cc(F)ccc1Br)Nc1cccc(Br)c1. The number of halogens is 3. The summed E-state index contributed by atoms with van der Waals surface area (Å²) in [7, 11) is 0. The Morgan fingerprint density at radius 3 is 2.75 bits per heavy atom. The number of anilines is 1. The molecule has 2 aromatic carbocycles. The van der Waals surface area contributed by atoms with Gasteiger partial charge in [-0.05, 0) is 46.3 Å². The van der Waals surface area contributed by atoms with Gasteiger partial charge in [-0.3, -0.25) is 4.79 Å². The number of rotatable bonds is 4. The second-order valence-corrected chi connectivity index (χ2v) is 5.69. The van der Waals surface area contributed by atoms with E-state index in [0.29, 0.717) is 10.2 Å². The van der Waals surface area contributed by atoms with Crippen molar-refractivity contribution >= 4 is 43.5 Å². The molecular formula is C14H10Br2FNO2. The first-order valence-corrected chi connectivity index (χ1v) is 7.26. The maximum Gasteiger partial charge on any atom is 0.262 e. The summed E-state index contributed by atoms with van der Waals surface area (Å²) in [4.78, 5) is 11.7. The maximum absolute atomic E-state index is 13.1. The van der Waals surface area contributed by atoms with Crippen LogP contribution in [0.2, 0.25) is 0 Å². The van der Waals surface area contributed by atoms with Gasteiger partial charge in [0, 0.05) is 16.2 Å². The van der Waals surface area contributed by atoms with E-state index in [1.807, 2.05) is 12.1 Å². The third-order valence-corrected chi connectivity index (χ3v) is 3.51. The third-order valence-electron chi connectivity index (χ3n) is 2.36. The molecule has 1 amide bonds. The van der Waals surface area contributed by atoms with Crippen LogP contribution in [0.4, 0.5) is 10.1 Å². The predicted octanol–water partition coefficient (Wildman–Crippen LogP) is 4.37. The number of carbonyl (C=O) groups is 1. The van der Waals surface area contributed by atoms with E-state index in [0.717, 1.165) is 4.47 Å². The molecule has 0 aliphatic heterocycles. The van der Waals surface area contributed by atoms with Crippen LogP contribution >= 0.6 is 31.9 Å². The largest absolute Gasteiger partial charge is 0.482 e. The summed E-state index contributed by atoms with van der Waals surface area (Å²) in [6.07, 6.45) is 0. The summed E-state index contributed by atoms with van der Waals surface area (Å²) < 4.78 is 19.8. The van der Waals surface area contributed by atoms with E-state index in [-0.39, 0.29) is 18.3 Å². The van der Waals surface area contributed by atoms with E-state index >= 15 is 0 Å². The monoisotopic (exact) mass is 401 g/mol. The molecule has 0 fully saturated rings. The first-order valence-electron chi connectivity index (χ1n) is 5.68. The number of benzene rings is 2. The topological polar surface area (TPSA) is 38.3 Å². The van der Waals surface area contributed by atoms with Gasteiger partial charge in [-0.1, -0.05) is 22.0 Å². The van der Waals surface area contributed by atoms with Crippen molar-refractivity contribution in [3.05, 3.63) is 57.2 Å². The van der Waals surface area contributed by atoms with Gasteiger partial charge in [0.1, 0.15) is 11.6 Å². The maximum atomic E-state index is 13.1. The standard InChI is InChI=1S/C14H10Br2FNO2/c15-9-2-1-3-11(6-9)18-14(19)8-20-13-7-10(17)4-5-12(13)16/h1-7H,8H2,(H,18,19). The first-order chi connectivity index (χ1) is 9.54. The Balaban J connectivity index is 1.94. The van der Waals surface area contributed by atoms with Crippen molar-refractivity contribution in [2.45, 2.75) is 0 Å². The van der Waals surface area contributed by atoms with Crippen molar-refractivity contribution in [1.29, 1.82) is 0 Å². The fraction of sp³-hybridized carbons (Fsp3) is 0.0714. The van der Waals surface area contributed by atoms with E-state index in [4.69, 9.17) is 4.74 Å². The van der Waals surface area contributed by atoms with Crippen LogP contribution in [0.15, 0.2) is 51.4 Å². The molecule has 0 heterocycles. The molecule has 0 spiro atoms. The first kappa shape index (κ1) is 15.0. The average molecular weight is 403 g/mol. The van der Waals surface area contributed by atoms with Crippen LogP contribution in [0.3, 0.4) is 0 Å². The van der Waals surface area contributed by atoms with Crippen molar-refractivity contribution in [3.8, 4) is 5.75 Å². The fourth-order valence-electron chi connectivity index (χ4n) is 1.49. The van der Waals surface area contributed by atoms with Crippen molar-refractivity contribution in [3.63, 3.8) is 0 Å². The van der Waals surface area contributed by atoms with Crippen molar-refractivity contribution in [2.24, 2.45) is 0 Å². The molecule has 6 heteroatoms. The highest BCUT2D eigenvalue weighted by atomic mass is 79.9. The number of ether oxygens (including phenoxy) is 1. The number of hydrogen-bond acceptors (Lipinski definition) is 2. The zero-order valence-electron chi connectivity index (χ0n) is 10.2. The molecule has 0 aromatic heterocycles. The highest BCUT2D eigenvalue weighted by molar-refractivity contribution is 9.10. The highest BCUT2D eigenvalue weighted by Gasteiger charge is 2.07. The molecule has 0 saturated heterocycles. The molecule has 0 atom stereocenters. The van der Waals surface area contributed by atoms with Gasteiger partial charge >= 0.3 is 0 Å². The normalized spacial score (nSPS) is 10.2. The molecule has 1 N–H and O–H groups in total. The molecule has 0 aliphatic rings. The lowest BCUT2D eigenvalue weighted by Gasteiger charge is -2.09. The van der Waals surface area contributed by atoms with Crippen LogP contribution in [-0.2, 0) is 4.79 Å². The van der Waals surface area contributed by atoms with Gasteiger partial charge in [-0.2, -0.15) is 0 Å². The minimum absolute atomic E-state index is 0.200. The van der Waals surface area contributed by atoms with E-state index in [1.165, 1.54) is 18.2 Å². The molecule has 2 aromatic rings. The van der Waals surface area contributed by atoms with Gasteiger partial charge in [-0.15, -0.1) is 0 Å². The molecular weight excluding hydrogens is 393 g/mol. The van der Waals surface area contributed by atoms with Crippen LogP contribution < -0.4 is 10.1 Å². The molecule has 0 aliphatic carbocycles. The van der Waals surface area contributed by atoms with E-state index in [2.05, 4.69) is 37.2 Å². The minimum Gasteiger partial charge on any atom is -0.482 e. The van der Waals surface area contributed by atoms with Gasteiger partial charge in [0.25, 0.3) is 5.91 Å². The van der Waals surface area contributed by atoms with Crippen molar-refractivity contribution < 1.29 is 13.9 Å². The van der Waals surface area contributed by atoms with Crippen LogP contribution in [-0.4, -0.2) is 12.5 Å². The quantitative estimate of drug-likeness (QED) is 0.824. The Hall–Kier alpha value is -1.40. The lowest BCUT2D eigenvalue weighted by molar-refractivity contribution is -0.118. The molecule has 3 nitrogen and oxygen atoms in total. The molecule has 0 saturated carbocycles. The minimum atomic E-state index is -0.421. The Labute approximate surface area is 132 Å². The molecule has 2 rings (SSSR count). The lowest BCUT2D eigenvalue weighted by atomic mass is 10.3. The Morgan fingerprint density at radius 1 is 1.20 bits per heavy atom. The zero-order valence-corrected chi connectivity index (χ0v) is 13.4. The van der Waals surface area contributed by atoms with Crippen LogP contribution in [0.5, 0.6) is 5.75 Å². The van der Waals surface area contributed by atoms with E-state index < -0.39 is 5.82 Å². The number of nitrogens with one attached hydrogen (secondary N) is 1. The van der Waals surface area contributed by atoms with Gasteiger partial charge in [0.2, 0.25) is 0 Å². The van der Waals surface area contributed by atoms with Gasteiger partial charge in [-0.25, -0.2) is 4.39 Å². The number of carbonyl (C=O) groups excluding carboxylic acids is 1. The van der Waals surface area contributed by atoms with Crippen molar-refractivity contribution in [1.82, 2.24) is 0 Å². The van der Waals surface area contributed by atoms with Crippen LogP contribution in [0.25, 0.3) is 0 Å². The van der Waals surface area contributed by atoms with Crippen LogP contribution in [0.1, 0.15) is 0 Å². The summed E-state index contributed by atoms with van der Waals surface area (Å²) in [5.41, 5.74) is 0.659. The van der Waals surface area contributed by atoms with E-state index in [9.17, 15) is 9.18 Å². The molecule has 20 heavy (non-hydrogen) atoms. The zero-order chi connectivity index (χ0) is 14.5. The molecule has 0 bridgehead atoms. The molecule has 0 radical (unpaired) electrons. The summed E-state index contributed by atoms with van der Waals surface area (Å²) >= 11 is 6.54. The Kier molecular flexibility index (Phi) is 5.14. The van der Waals surface area contributed by atoms with Crippen molar-refractivity contribution in [2.75, 3.05) is 11.9 Å². The summed E-state index contributed by atoms with van der Waals surface area (Å²) in [6, 6.07) is 11.3. The average Bonchev–Trinajstić information content (AvgIpc) is 2.40. The number of hydrogen-bond donors (Lipinski definition) is 1. The predicted molar refractivity (Wildman–Crippen MR) is 82.4 cm³/mol. The summed E-state index contributed by atoms with van der Waals surface area (Å²) in [5, 5.41) is 2.68. The fourth-order valence-corrected chi connectivity index (χ4v) is 2.25. The number of amides is 1. The summed E-state index contributed by atoms with van der Waals surface area (Å²) in [6.45, 7) is -0.200. The van der Waals surface area contributed by atoms with Crippen LogP contribution in [0, 0.1) is 5.82 Å². The van der Waals surface area contributed by atoms with Gasteiger partial charge in [0.05, 0.1) is 4.47 Å². The Morgan fingerprint density at radius 2 is 2.00 bits per heavy atom. The smallest absolute Gasteiger partial charge is 0.262 e. The summed E-state index contributed by atoms with van der Waals surface area (Å²) in [5.74, 6) is -0.454. The third kappa shape index (κ3) is 4.31. The highest BCUT2D eigenvalue weighted by Crippen LogP contribution is 2.25. The molecule has 0 unspecified atom stereocenters. The Bertz CT molecular complexity index is 634. The van der Waals surface area contributed by atoms with E-state index in [1.54, 1.807) is 12.1 Å². The van der Waals surface area contributed by atoms with Gasteiger partial charge < -0.3 is 10.1 Å². The lowest BCUT2D eigenvalue weighted by Crippen LogP contribution is -2.20. The second kappa shape index (κ2) is 6.85. The second-order valence-electron chi connectivity index (χ2n) is 3.92. The van der Waals surface area contributed by atoms with Gasteiger partial charge in [0.15, 0.2) is 6.61 Å².